The van der Waals surface area contributed by atoms with E-state index in [2.05, 4.69) is 4.98 Å². The number of halogens is 2. The van der Waals surface area contributed by atoms with Crippen LogP contribution >= 0.6 is 23.2 Å². The molecule has 0 aliphatic carbocycles. The second kappa shape index (κ2) is 4.19. The fraction of sp³-hybridized carbons (Fsp3) is 0. The summed E-state index contributed by atoms with van der Waals surface area (Å²) in [5.41, 5.74) is 8.39. The largest absolute Gasteiger partial charge is 0.436 e. The molecule has 1 heterocycles. The third kappa shape index (κ3) is 1.82. The number of hydrogen-bond donors (Lipinski definition) is 1. The summed E-state index contributed by atoms with van der Waals surface area (Å²) in [6, 6.07) is 10.8. The fourth-order valence-corrected chi connectivity index (χ4v) is 2.24. The van der Waals surface area contributed by atoms with Crippen LogP contribution in [0.25, 0.3) is 22.6 Å². The first-order valence-electron chi connectivity index (χ1n) is 5.25. The van der Waals surface area contributed by atoms with Gasteiger partial charge in [-0.05, 0) is 24.3 Å². The second-order valence-corrected chi connectivity index (χ2v) is 4.68. The normalized spacial score (nSPS) is 11.0. The Kier molecular flexibility index (Phi) is 2.65. The number of rotatable bonds is 1. The van der Waals surface area contributed by atoms with Crippen molar-refractivity contribution in [1.29, 1.82) is 0 Å². The van der Waals surface area contributed by atoms with Gasteiger partial charge in [-0.3, -0.25) is 0 Å². The molecule has 0 atom stereocenters. The molecule has 0 fully saturated rings. The number of para-hydroxylation sites is 2. The molecule has 2 N–H and O–H groups in total. The first-order valence-corrected chi connectivity index (χ1v) is 6.01. The average molecular weight is 279 g/mol. The molecule has 0 saturated carbocycles. The SMILES string of the molecule is Nc1c(Cl)cc(Cl)cc1-c1nc2ccccc2o1. The zero-order valence-corrected chi connectivity index (χ0v) is 10.7. The van der Waals surface area contributed by atoms with Gasteiger partial charge >= 0.3 is 0 Å². The minimum absolute atomic E-state index is 0.389. The highest BCUT2D eigenvalue weighted by Gasteiger charge is 2.14. The van der Waals surface area contributed by atoms with Crippen LogP contribution in [-0.4, -0.2) is 4.98 Å². The van der Waals surface area contributed by atoms with Crippen LogP contribution in [0.3, 0.4) is 0 Å². The maximum absolute atomic E-state index is 5.99. The van der Waals surface area contributed by atoms with Crippen molar-refractivity contribution in [2.45, 2.75) is 0 Å². The van der Waals surface area contributed by atoms with Crippen LogP contribution in [0.5, 0.6) is 0 Å². The van der Waals surface area contributed by atoms with E-state index in [1.54, 1.807) is 12.1 Å². The Morgan fingerprint density at radius 2 is 1.89 bits per heavy atom. The van der Waals surface area contributed by atoms with E-state index in [0.29, 0.717) is 32.8 Å². The van der Waals surface area contributed by atoms with E-state index in [1.165, 1.54) is 0 Å². The second-order valence-electron chi connectivity index (χ2n) is 3.84. The topological polar surface area (TPSA) is 52.0 Å². The number of anilines is 1. The quantitative estimate of drug-likeness (QED) is 0.672. The number of nitrogen functional groups attached to an aromatic ring is 1. The van der Waals surface area contributed by atoms with E-state index < -0.39 is 0 Å². The van der Waals surface area contributed by atoms with Gasteiger partial charge < -0.3 is 10.2 Å². The lowest BCUT2D eigenvalue weighted by Crippen LogP contribution is -1.91. The number of oxazole rings is 1. The molecule has 3 aromatic rings. The van der Waals surface area contributed by atoms with Crippen molar-refractivity contribution >= 4 is 40.0 Å². The molecular weight excluding hydrogens is 271 g/mol. The van der Waals surface area contributed by atoms with Crippen LogP contribution in [0.4, 0.5) is 5.69 Å². The number of nitrogens with zero attached hydrogens (tertiary/aromatic N) is 1. The molecule has 90 valence electrons. The maximum atomic E-state index is 5.99. The van der Waals surface area contributed by atoms with Crippen LogP contribution in [-0.2, 0) is 0 Å². The molecular formula is C13H8Cl2N2O. The summed E-state index contributed by atoms with van der Waals surface area (Å²) in [6.45, 7) is 0. The predicted molar refractivity (Wildman–Crippen MR) is 73.9 cm³/mol. The highest BCUT2D eigenvalue weighted by Crippen LogP contribution is 2.35. The van der Waals surface area contributed by atoms with Crippen molar-refractivity contribution in [2.24, 2.45) is 0 Å². The highest BCUT2D eigenvalue weighted by molar-refractivity contribution is 6.37. The molecule has 0 aliphatic heterocycles. The van der Waals surface area contributed by atoms with Gasteiger partial charge in [0, 0.05) is 5.02 Å². The summed E-state index contributed by atoms with van der Waals surface area (Å²) in [7, 11) is 0. The van der Waals surface area contributed by atoms with Crippen LogP contribution in [0, 0.1) is 0 Å². The lowest BCUT2D eigenvalue weighted by Gasteiger charge is -2.04. The van der Waals surface area contributed by atoms with Gasteiger partial charge in [0.25, 0.3) is 0 Å². The maximum Gasteiger partial charge on any atom is 0.229 e. The molecule has 0 aliphatic rings. The van der Waals surface area contributed by atoms with Gasteiger partial charge in [-0.15, -0.1) is 0 Å². The van der Waals surface area contributed by atoms with Gasteiger partial charge in [0.2, 0.25) is 5.89 Å². The predicted octanol–water partition coefficient (Wildman–Crippen LogP) is 4.38. The minimum atomic E-state index is 0.389. The molecule has 0 bridgehead atoms. The Balaban J connectivity index is 2.26. The van der Waals surface area contributed by atoms with Crippen molar-refractivity contribution < 1.29 is 4.42 Å². The summed E-state index contributed by atoms with van der Waals surface area (Å²) in [5.74, 6) is 0.415. The van der Waals surface area contributed by atoms with Crippen molar-refractivity contribution in [3.8, 4) is 11.5 Å². The molecule has 18 heavy (non-hydrogen) atoms. The van der Waals surface area contributed by atoms with Gasteiger partial charge in [0.05, 0.1) is 16.3 Å². The minimum Gasteiger partial charge on any atom is -0.436 e. The van der Waals surface area contributed by atoms with E-state index in [4.69, 9.17) is 33.4 Å². The monoisotopic (exact) mass is 278 g/mol. The van der Waals surface area contributed by atoms with Gasteiger partial charge in [-0.1, -0.05) is 35.3 Å². The Hall–Kier alpha value is -1.71. The van der Waals surface area contributed by atoms with Crippen LogP contribution in [0.2, 0.25) is 10.0 Å². The van der Waals surface area contributed by atoms with Crippen molar-refractivity contribution in [3.05, 3.63) is 46.4 Å². The first kappa shape index (κ1) is 11.4. The van der Waals surface area contributed by atoms with E-state index in [1.807, 2.05) is 24.3 Å². The van der Waals surface area contributed by atoms with Gasteiger partial charge in [0.1, 0.15) is 5.52 Å². The van der Waals surface area contributed by atoms with Crippen LogP contribution < -0.4 is 5.73 Å². The molecule has 3 nitrogen and oxygen atoms in total. The van der Waals surface area contributed by atoms with E-state index in [0.717, 1.165) is 5.52 Å². The number of fused-ring (bicyclic) bond motifs is 1. The van der Waals surface area contributed by atoms with Gasteiger partial charge in [0.15, 0.2) is 5.58 Å². The molecule has 0 radical (unpaired) electrons. The molecule has 3 rings (SSSR count). The van der Waals surface area contributed by atoms with E-state index >= 15 is 0 Å². The third-order valence-corrected chi connectivity index (χ3v) is 3.15. The zero-order valence-electron chi connectivity index (χ0n) is 9.15. The molecule has 5 heteroatoms. The molecule has 2 aromatic carbocycles. The Labute approximate surface area is 113 Å². The summed E-state index contributed by atoms with van der Waals surface area (Å²) < 4.78 is 5.64. The van der Waals surface area contributed by atoms with Crippen molar-refractivity contribution in [1.82, 2.24) is 4.98 Å². The Bertz CT molecular complexity index is 704. The molecule has 1 aromatic heterocycles. The van der Waals surface area contributed by atoms with Gasteiger partial charge in [-0.2, -0.15) is 0 Å². The lowest BCUT2D eigenvalue weighted by molar-refractivity contribution is 0.620. The van der Waals surface area contributed by atoms with E-state index in [9.17, 15) is 0 Å². The molecule has 0 saturated heterocycles. The number of nitrogens with two attached hydrogens (primary N) is 1. The Morgan fingerprint density at radius 3 is 2.67 bits per heavy atom. The van der Waals surface area contributed by atoms with Gasteiger partial charge in [-0.25, -0.2) is 4.98 Å². The third-order valence-electron chi connectivity index (χ3n) is 2.62. The van der Waals surface area contributed by atoms with Crippen molar-refractivity contribution in [3.63, 3.8) is 0 Å². The Morgan fingerprint density at radius 1 is 1.11 bits per heavy atom. The molecule has 0 amide bonds. The smallest absolute Gasteiger partial charge is 0.229 e. The summed E-state index contributed by atoms with van der Waals surface area (Å²) in [6.07, 6.45) is 0. The lowest BCUT2D eigenvalue weighted by atomic mass is 10.2. The highest BCUT2D eigenvalue weighted by atomic mass is 35.5. The number of benzene rings is 2. The van der Waals surface area contributed by atoms with E-state index in [-0.39, 0.29) is 0 Å². The molecule has 0 unspecified atom stereocenters. The first-order chi connectivity index (χ1) is 8.65. The summed E-state index contributed by atoms with van der Waals surface area (Å²) in [4.78, 5) is 4.36. The average Bonchev–Trinajstić information content (AvgIpc) is 2.77. The van der Waals surface area contributed by atoms with Crippen LogP contribution in [0.15, 0.2) is 40.8 Å². The summed E-state index contributed by atoms with van der Waals surface area (Å²) >= 11 is 12.0. The number of aromatic nitrogens is 1. The standard InChI is InChI=1S/C13H8Cl2N2O/c14-7-5-8(12(16)9(15)6-7)13-17-10-3-1-2-4-11(10)18-13/h1-6H,16H2. The molecule has 0 spiro atoms. The van der Waals surface area contributed by atoms with Crippen molar-refractivity contribution in [2.75, 3.05) is 5.73 Å². The number of hydrogen-bond acceptors (Lipinski definition) is 3. The zero-order chi connectivity index (χ0) is 12.7. The van der Waals surface area contributed by atoms with Crippen LogP contribution in [0.1, 0.15) is 0 Å². The summed E-state index contributed by atoms with van der Waals surface area (Å²) in [5, 5.41) is 0.881. The fourth-order valence-electron chi connectivity index (χ4n) is 1.75.